The van der Waals surface area contributed by atoms with Crippen LogP contribution in [0, 0.1) is 5.92 Å². The van der Waals surface area contributed by atoms with Gasteiger partial charge in [-0.15, -0.1) is 0 Å². The van der Waals surface area contributed by atoms with Crippen molar-refractivity contribution < 1.29 is 9.47 Å². The molecule has 1 unspecified atom stereocenters. The number of nitrogens with zero attached hydrogens (tertiary/aromatic N) is 1. The highest BCUT2D eigenvalue weighted by molar-refractivity contribution is 7.09. The van der Waals surface area contributed by atoms with Crippen LogP contribution in [0.5, 0.6) is 11.5 Å². The summed E-state index contributed by atoms with van der Waals surface area (Å²) in [7, 11) is 3.24. The molecular formula is C18H24N2O3S. The van der Waals surface area contributed by atoms with Crippen molar-refractivity contribution in [3.63, 3.8) is 0 Å². The molecule has 1 fully saturated rings. The Labute approximate surface area is 146 Å². The van der Waals surface area contributed by atoms with Crippen molar-refractivity contribution in [2.45, 2.75) is 26.3 Å². The molecule has 1 N–H and O–H groups in total. The molecule has 1 aromatic carbocycles. The molecule has 0 amide bonds. The smallest absolute Gasteiger partial charge is 0.305 e. The van der Waals surface area contributed by atoms with Crippen molar-refractivity contribution >= 4 is 11.3 Å². The molecule has 2 aromatic rings. The van der Waals surface area contributed by atoms with Gasteiger partial charge in [0.25, 0.3) is 0 Å². The normalized spacial score (nSPS) is 18.5. The fourth-order valence-corrected chi connectivity index (χ4v) is 4.22. The van der Waals surface area contributed by atoms with Gasteiger partial charge in [-0.3, -0.25) is 9.69 Å². The zero-order valence-electron chi connectivity index (χ0n) is 14.4. The molecule has 0 saturated carbocycles. The van der Waals surface area contributed by atoms with Crippen molar-refractivity contribution in [1.29, 1.82) is 0 Å². The Morgan fingerprint density at radius 2 is 2.08 bits per heavy atom. The number of nitrogens with one attached hydrogen (secondary N) is 1. The predicted octanol–water partition coefficient (Wildman–Crippen LogP) is 3.35. The number of likely N-dealkylation sites (tertiary alicyclic amines) is 1. The molecule has 1 saturated heterocycles. The topological polar surface area (TPSA) is 54.6 Å². The van der Waals surface area contributed by atoms with E-state index in [0.29, 0.717) is 11.5 Å². The number of rotatable bonds is 5. The lowest BCUT2D eigenvalue weighted by molar-refractivity contribution is 0.178. The van der Waals surface area contributed by atoms with Gasteiger partial charge in [-0.2, -0.15) is 0 Å². The Hall–Kier alpha value is -1.79. The van der Waals surface area contributed by atoms with Gasteiger partial charge in [-0.25, -0.2) is 0 Å². The van der Waals surface area contributed by atoms with Crippen LogP contribution < -0.4 is 14.3 Å². The highest BCUT2D eigenvalue weighted by Crippen LogP contribution is 2.34. The average molecular weight is 348 g/mol. The zero-order chi connectivity index (χ0) is 17.1. The third-order valence-corrected chi connectivity index (χ3v) is 5.37. The number of hydrogen-bond donors (Lipinski definition) is 1. The minimum Gasteiger partial charge on any atom is -0.493 e. The Morgan fingerprint density at radius 1 is 1.29 bits per heavy atom. The number of thiazole rings is 1. The lowest BCUT2D eigenvalue weighted by Gasteiger charge is -2.30. The van der Waals surface area contributed by atoms with E-state index in [1.165, 1.54) is 24.2 Å². The molecular weight excluding hydrogens is 324 g/mol. The van der Waals surface area contributed by atoms with E-state index in [0.717, 1.165) is 41.7 Å². The van der Waals surface area contributed by atoms with E-state index in [2.05, 4.69) is 16.8 Å². The molecule has 0 radical (unpaired) electrons. The van der Waals surface area contributed by atoms with Gasteiger partial charge in [0.1, 0.15) is 0 Å². The standard InChI is InChI=1S/C18H24N2O3S/c1-12-5-4-8-20(10-12)11-16-17(19-18(21)24-16)13-6-7-14(22-2)15(9-13)23-3/h6-7,9,12H,4-5,8,10-11H2,1-3H3,(H,19,21). The summed E-state index contributed by atoms with van der Waals surface area (Å²) in [6.07, 6.45) is 2.52. The van der Waals surface area contributed by atoms with Gasteiger partial charge in [-0.05, 0) is 43.5 Å². The summed E-state index contributed by atoms with van der Waals surface area (Å²) in [6.45, 7) is 5.30. The molecule has 1 atom stereocenters. The lowest BCUT2D eigenvalue weighted by Crippen LogP contribution is -2.33. The van der Waals surface area contributed by atoms with Gasteiger partial charge in [-0.1, -0.05) is 18.3 Å². The highest BCUT2D eigenvalue weighted by Gasteiger charge is 2.20. The molecule has 6 heteroatoms. The summed E-state index contributed by atoms with van der Waals surface area (Å²) in [5, 5.41) is 0. The van der Waals surface area contributed by atoms with Crippen LogP contribution in [0.15, 0.2) is 23.0 Å². The Balaban J connectivity index is 1.90. The molecule has 24 heavy (non-hydrogen) atoms. The quantitative estimate of drug-likeness (QED) is 0.900. The SMILES string of the molecule is COc1ccc(-c2[nH]c(=O)sc2CN2CCCC(C)C2)cc1OC. The van der Waals surface area contributed by atoms with E-state index >= 15 is 0 Å². The summed E-state index contributed by atoms with van der Waals surface area (Å²) in [4.78, 5) is 18.5. The molecule has 1 aromatic heterocycles. The van der Waals surface area contributed by atoms with Crippen LogP contribution in [-0.4, -0.2) is 37.2 Å². The van der Waals surface area contributed by atoms with Crippen molar-refractivity contribution in [1.82, 2.24) is 9.88 Å². The highest BCUT2D eigenvalue weighted by atomic mass is 32.1. The maximum absolute atomic E-state index is 12.0. The number of H-pyrrole nitrogens is 1. The Morgan fingerprint density at radius 3 is 2.79 bits per heavy atom. The first-order valence-electron chi connectivity index (χ1n) is 8.27. The predicted molar refractivity (Wildman–Crippen MR) is 97.2 cm³/mol. The monoisotopic (exact) mass is 348 g/mol. The third kappa shape index (κ3) is 3.65. The summed E-state index contributed by atoms with van der Waals surface area (Å²) in [6, 6.07) is 5.75. The second-order valence-corrected chi connectivity index (χ2v) is 7.43. The maximum atomic E-state index is 12.0. The number of methoxy groups -OCH3 is 2. The van der Waals surface area contributed by atoms with Crippen LogP contribution in [0.4, 0.5) is 0 Å². The first-order chi connectivity index (χ1) is 11.6. The van der Waals surface area contributed by atoms with Crippen molar-refractivity contribution in [3.8, 4) is 22.8 Å². The Bertz CT molecular complexity index is 753. The van der Waals surface area contributed by atoms with Crippen LogP contribution in [0.25, 0.3) is 11.3 Å². The molecule has 0 bridgehead atoms. The van der Waals surface area contributed by atoms with Gasteiger partial charge >= 0.3 is 4.87 Å². The lowest BCUT2D eigenvalue weighted by atomic mass is 10.00. The second-order valence-electron chi connectivity index (χ2n) is 6.36. The maximum Gasteiger partial charge on any atom is 0.305 e. The molecule has 1 aliphatic rings. The van der Waals surface area contributed by atoms with Gasteiger partial charge in [0.15, 0.2) is 11.5 Å². The number of piperidine rings is 1. The van der Waals surface area contributed by atoms with E-state index in [4.69, 9.17) is 9.47 Å². The number of ether oxygens (including phenoxy) is 2. The van der Waals surface area contributed by atoms with Crippen LogP contribution >= 0.6 is 11.3 Å². The zero-order valence-corrected chi connectivity index (χ0v) is 15.2. The molecule has 5 nitrogen and oxygen atoms in total. The molecule has 0 aliphatic carbocycles. The average Bonchev–Trinajstić information content (AvgIpc) is 2.94. The van der Waals surface area contributed by atoms with E-state index in [1.807, 2.05) is 18.2 Å². The van der Waals surface area contributed by atoms with Crippen LogP contribution in [0.1, 0.15) is 24.6 Å². The van der Waals surface area contributed by atoms with Crippen molar-refractivity contribution in [3.05, 3.63) is 32.7 Å². The van der Waals surface area contributed by atoms with Crippen LogP contribution in [0.3, 0.4) is 0 Å². The third-order valence-electron chi connectivity index (χ3n) is 4.50. The number of hydrogen-bond acceptors (Lipinski definition) is 5. The first kappa shape index (κ1) is 17.0. The number of aromatic amines is 1. The van der Waals surface area contributed by atoms with Crippen LogP contribution in [-0.2, 0) is 6.54 Å². The summed E-state index contributed by atoms with van der Waals surface area (Å²) in [5.74, 6) is 2.07. The number of benzene rings is 1. The first-order valence-corrected chi connectivity index (χ1v) is 9.09. The summed E-state index contributed by atoms with van der Waals surface area (Å²) >= 11 is 1.30. The van der Waals surface area contributed by atoms with Crippen LogP contribution in [0.2, 0.25) is 0 Å². The van der Waals surface area contributed by atoms with E-state index in [-0.39, 0.29) is 4.87 Å². The molecule has 1 aliphatic heterocycles. The van der Waals surface area contributed by atoms with Crippen molar-refractivity contribution in [2.75, 3.05) is 27.3 Å². The van der Waals surface area contributed by atoms with E-state index in [1.54, 1.807) is 14.2 Å². The largest absolute Gasteiger partial charge is 0.493 e. The fourth-order valence-electron chi connectivity index (χ4n) is 3.33. The molecule has 0 spiro atoms. The van der Waals surface area contributed by atoms with Gasteiger partial charge in [0.05, 0.1) is 19.9 Å². The van der Waals surface area contributed by atoms with Gasteiger partial charge in [0.2, 0.25) is 0 Å². The molecule has 130 valence electrons. The molecule has 2 heterocycles. The van der Waals surface area contributed by atoms with Crippen molar-refractivity contribution in [2.24, 2.45) is 5.92 Å². The van der Waals surface area contributed by atoms with E-state index < -0.39 is 0 Å². The van der Waals surface area contributed by atoms with Gasteiger partial charge < -0.3 is 14.5 Å². The summed E-state index contributed by atoms with van der Waals surface area (Å²) in [5.41, 5.74) is 1.84. The summed E-state index contributed by atoms with van der Waals surface area (Å²) < 4.78 is 10.7. The second kappa shape index (κ2) is 7.40. The fraction of sp³-hybridized carbons (Fsp3) is 0.500. The Kier molecular flexibility index (Phi) is 5.26. The minimum atomic E-state index is -0.0140. The van der Waals surface area contributed by atoms with E-state index in [9.17, 15) is 4.79 Å². The minimum absolute atomic E-state index is 0.0140. The molecule has 3 rings (SSSR count). The number of aromatic nitrogens is 1. The van der Waals surface area contributed by atoms with Gasteiger partial charge in [0, 0.05) is 23.5 Å².